The Labute approximate surface area is 143 Å². The summed E-state index contributed by atoms with van der Waals surface area (Å²) < 4.78 is 0. The van der Waals surface area contributed by atoms with Crippen LogP contribution < -0.4 is 0 Å². The minimum atomic E-state index is -0.918. The van der Waals surface area contributed by atoms with Crippen LogP contribution in [0.15, 0.2) is 73.8 Å². The molecule has 0 aromatic heterocycles. The Morgan fingerprint density at radius 1 is 0.875 bits per heavy atom. The maximum absolute atomic E-state index is 10.7. The molecule has 24 heavy (non-hydrogen) atoms. The van der Waals surface area contributed by atoms with Gasteiger partial charge < -0.3 is 5.11 Å². The van der Waals surface area contributed by atoms with E-state index in [9.17, 15) is 4.79 Å². The summed E-state index contributed by atoms with van der Waals surface area (Å²) in [7, 11) is 0. The standard InChI is InChI=1S/C14H14O2.C8H8/c1-4-11-7-6-8-12(13(11)5-2)9-10(3)14(15)16;1-2-8-6-4-3-5-7-8/h4-9H,1-2H2,3H3,(H,15,16);2-7H,1H2. The van der Waals surface area contributed by atoms with Crippen LogP contribution in [0.2, 0.25) is 0 Å². The normalized spacial score (nSPS) is 10.1. The Morgan fingerprint density at radius 3 is 1.96 bits per heavy atom. The number of rotatable bonds is 5. The topological polar surface area (TPSA) is 37.3 Å². The molecule has 0 aliphatic carbocycles. The molecule has 0 atom stereocenters. The lowest BCUT2D eigenvalue weighted by Gasteiger charge is -2.05. The van der Waals surface area contributed by atoms with Crippen LogP contribution in [0.1, 0.15) is 29.2 Å². The van der Waals surface area contributed by atoms with Crippen molar-refractivity contribution >= 4 is 30.3 Å². The van der Waals surface area contributed by atoms with Crippen LogP contribution in [-0.2, 0) is 4.79 Å². The Hall–Kier alpha value is -3.13. The smallest absolute Gasteiger partial charge is 0.331 e. The van der Waals surface area contributed by atoms with E-state index in [1.165, 1.54) is 5.56 Å². The van der Waals surface area contributed by atoms with E-state index in [-0.39, 0.29) is 0 Å². The maximum atomic E-state index is 10.7. The molecular weight excluding hydrogens is 296 g/mol. The van der Waals surface area contributed by atoms with Gasteiger partial charge in [0.25, 0.3) is 0 Å². The molecule has 0 radical (unpaired) electrons. The van der Waals surface area contributed by atoms with Crippen molar-refractivity contribution in [1.82, 2.24) is 0 Å². The van der Waals surface area contributed by atoms with Crippen LogP contribution in [0.25, 0.3) is 24.3 Å². The van der Waals surface area contributed by atoms with Gasteiger partial charge in [0.1, 0.15) is 0 Å². The van der Waals surface area contributed by atoms with Gasteiger partial charge in [0.15, 0.2) is 0 Å². The van der Waals surface area contributed by atoms with Crippen molar-refractivity contribution < 1.29 is 9.90 Å². The predicted octanol–water partition coefficient (Wildman–Crippen LogP) is 5.79. The minimum absolute atomic E-state index is 0.296. The quantitative estimate of drug-likeness (QED) is 0.708. The molecular formula is C22H22O2. The van der Waals surface area contributed by atoms with Gasteiger partial charge in [0, 0.05) is 5.57 Å². The first-order chi connectivity index (χ1) is 11.5. The fourth-order valence-electron chi connectivity index (χ4n) is 2.03. The molecule has 1 N–H and O–H groups in total. The molecule has 0 unspecified atom stereocenters. The Bertz CT molecular complexity index is 753. The number of carboxylic acid groups (broad SMARTS) is 1. The van der Waals surface area contributed by atoms with Crippen LogP contribution in [0.3, 0.4) is 0 Å². The zero-order valence-corrected chi connectivity index (χ0v) is 13.9. The summed E-state index contributed by atoms with van der Waals surface area (Å²) in [6, 6.07) is 15.7. The molecule has 0 saturated carbocycles. The molecule has 0 heterocycles. The second-order valence-electron chi connectivity index (χ2n) is 5.01. The van der Waals surface area contributed by atoms with Crippen molar-refractivity contribution in [3.8, 4) is 0 Å². The van der Waals surface area contributed by atoms with Gasteiger partial charge in [0.05, 0.1) is 0 Å². The fraction of sp³-hybridized carbons (Fsp3) is 0.0455. The van der Waals surface area contributed by atoms with E-state index in [0.29, 0.717) is 5.57 Å². The van der Waals surface area contributed by atoms with Gasteiger partial charge in [0.2, 0.25) is 0 Å². The average Bonchev–Trinajstić information content (AvgIpc) is 2.62. The lowest BCUT2D eigenvalue weighted by molar-refractivity contribution is -0.132. The first-order valence-corrected chi connectivity index (χ1v) is 7.50. The molecule has 2 nitrogen and oxygen atoms in total. The molecule has 122 valence electrons. The molecule has 0 aliphatic heterocycles. The van der Waals surface area contributed by atoms with E-state index >= 15 is 0 Å². The van der Waals surface area contributed by atoms with Gasteiger partial charge >= 0.3 is 5.97 Å². The van der Waals surface area contributed by atoms with Crippen molar-refractivity contribution in [2.75, 3.05) is 0 Å². The number of benzene rings is 2. The lowest BCUT2D eigenvalue weighted by Crippen LogP contribution is -1.96. The highest BCUT2D eigenvalue weighted by Gasteiger charge is 2.04. The highest BCUT2D eigenvalue weighted by molar-refractivity contribution is 5.92. The summed E-state index contributed by atoms with van der Waals surface area (Å²) in [5.74, 6) is -0.918. The van der Waals surface area contributed by atoms with Crippen molar-refractivity contribution in [2.45, 2.75) is 6.92 Å². The average molecular weight is 318 g/mol. The third-order valence-electron chi connectivity index (χ3n) is 3.34. The zero-order chi connectivity index (χ0) is 17.9. The van der Waals surface area contributed by atoms with Crippen molar-refractivity contribution in [3.05, 3.63) is 96.1 Å². The monoisotopic (exact) mass is 318 g/mol. The van der Waals surface area contributed by atoms with Crippen LogP contribution in [0.4, 0.5) is 0 Å². The number of hydrogen-bond acceptors (Lipinski definition) is 1. The molecule has 2 heteroatoms. The van der Waals surface area contributed by atoms with Gasteiger partial charge in [-0.15, -0.1) is 0 Å². The van der Waals surface area contributed by atoms with Crippen LogP contribution in [-0.4, -0.2) is 11.1 Å². The summed E-state index contributed by atoms with van der Waals surface area (Å²) in [5, 5.41) is 8.82. The van der Waals surface area contributed by atoms with E-state index in [2.05, 4.69) is 19.7 Å². The highest BCUT2D eigenvalue weighted by Crippen LogP contribution is 2.20. The lowest BCUT2D eigenvalue weighted by atomic mass is 9.99. The number of carbonyl (C=O) groups is 1. The summed E-state index contributed by atoms with van der Waals surface area (Å²) in [6.07, 6.45) is 6.90. The molecule has 0 aliphatic rings. The van der Waals surface area contributed by atoms with E-state index in [4.69, 9.17) is 5.11 Å². The molecule has 2 rings (SSSR count). The Morgan fingerprint density at radius 2 is 1.50 bits per heavy atom. The first-order valence-electron chi connectivity index (χ1n) is 7.50. The SMILES string of the molecule is C=Cc1cccc(C=C(C)C(=O)O)c1C=C.C=Cc1ccccc1. The van der Waals surface area contributed by atoms with Crippen LogP contribution in [0.5, 0.6) is 0 Å². The fourth-order valence-corrected chi connectivity index (χ4v) is 2.03. The summed E-state index contributed by atoms with van der Waals surface area (Å²) in [5.41, 5.74) is 4.16. The van der Waals surface area contributed by atoms with E-state index in [1.54, 1.807) is 25.2 Å². The molecule has 2 aromatic carbocycles. The van der Waals surface area contributed by atoms with E-state index in [0.717, 1.165) is 16.7 Å². The van der Waals surface area contributed by atoms with E-state index in [1.807, 2.05) is 54.6 Å². The van der Waals surface area contributed by atoms with Gasteiger partial charge in [-0.3, -0.25) is 0 Å². The molecule has 0 fully saturated rings. The van der Waals surface area contributed by atoms with Crippen molar-refractivity contribution in [3.63, 3.8) is 0 Å². The maximum Gasteiger partial charge on any atom is 0.331 e. The zero-order valence-electron chi connectivity index (χ0n) is 13.9. The summed E-state index contributed by atoms with van der Waals surface area (Å²) >= 11 is 0. The number of aliphatic carboxylic acids is 1. The second kappa shape index (κ2) is 9.80. The predicted molar refractivity (Wildman–Crippen MR) is 104 cm³/mol. The summed E-state index contributed by atoms with van der Waals surface area (Å²) in [6.45, 7) is 12.6. The van der Waals surface area contributed by atoms with Gasteiger partial charge in [-0.05, 0) is 35.3 Å². The Kier molecular flexibility index (Phi) is 7.72. The first kappa shape index (κ1) is 18.9. The molecule has 0 saturated heterocycles. The van der Waals surface area contributed by atoms with Crippen LogP contribution in [0, 0.1) is 0 Å². The number of hydrogen-bond donors (Lipinski definition) is 1. The second-order valence-corrected chi connectivity index (χ2v) is 5.01. The Balaban J connectivity index is 0.000000300. The summed E-state index contributed by atoms with van der Waals surface area (Å²) in [4.78, 5) is 10.7. The van der Waals surface area contributed by atoms with Gasteiger partial charge in [-0.25, -0.2) is 4.79 Å². The van der Waals surface area contributed by atoms with Crippen molar-refractivity contribution in [2.24, 2.45) is 0 Å². The molecule has 2 aromatic rings. The number of carboxylic acids is 1. The van der Waals surface area contributed by atoms with E-state index < -0.39 is 5.97 Å². The van der Waals surface area contributed by atoms with Crippen molar-refractivity contribution in [1.29, 1.82) is 0 Å². The van der Waals surface area contributed by atoms with Gasteiger partial charge in [-0.2, -0.15) is 0 Å². The molecule has 0 spiro atoms. The third-order valence-corrected chi connectivity index (χ3v) is 3.34. The highest BCUT2D eigenvalue weighted by atomic mass is 16.4. The van der Waals surface area contributed by atoms with Gasteiger partial charge in [-0.1, -0.05) is 86.5 Å². The third kappa shape index (κ3) is 5.58. The molecule has 0 amide bonds. The molecule has 0 bridgehead atoms. The van der Waals surface area contributed by atoms with Crippen LogP contribution >= 0.6 is 0 Å². The largest absolute Gasteiger partial charge is 0.478 e. The minimum Gasteiger partial charge on any atom is -0.478 e.